The number of nitrogens with one attached hydrogen (secondary N) is 2. The van der Waals surface area contributed by atoms with E-state index in [1.54, 1.807) is 0 Å². The standard InChI is InChI=1S/C20H28N2S2/c1-15(21-3)19(17-11-7-5-8-12-17)23-24-20(16(2)22-4)18-13-9-6-10-14-18/h5-16,19-22H,1-4H3/t15-,16-,19-,20-/m0/s1. The summed E-state index contributed by atoms with van der Waals surface area (Å²) in [6.45, 7) is 4.51. The molecule has 0 aromatic heterocycles. The molecule has 0 aliphatic heterocycles. The van der Waals surface area contributed by atoms with Crippen LogP contribution >= 0.6 is 21.6 Å². The molecular weight excluding hydrogens is 332 g/mol. The Morgan fingerprint density at radius 2 is 0.958 bits per heavy atom. The lowest BCUT2D eigenvalue weighted by Crippen LogP contribution is -2.28. The average molecular weight is 361 g/mol. The Hall–Kier alpha value is -0.940. The maximum atomic E-state index is 3.42. The van der Waals surface area contributed by atoms with Crippen molar-refractivity contribution < 1.29 is 0 Å². The number of rotatable bonds is 9. The van der Waals surface area contributed by atoms with Crippen molar-refractivity contribution in [3.05, 3.63) is 71.8 Å². The second kappa shape index (κ2) is 10.1. The minimum absolute atomic E-state index is 0.409. The number of hydrogen-bond donors (Lipinski definition) is 2. The van der Waals surface area contributed by atoms with Gasteiger partial charge in [0.2, 0.25) is 0 Å². The van der Waals surface area contributed by atoms with Gasteiger partial charge in [-0.25, -0.2) is 0 Å². The van der Waals surface area contributed by atoms with Crippen LogP contribution in [-0.2, 0) is 0 Å². The largest absolute Gasteiger partial charge is 0.316 e. The van der Waals surface area contributed by atoms with Crippen LogP contribution in [-0.4, -0.2) is 26.2 Å². The quantitative estimate of drug-likeness (QED) is 0.610. The first-order valence-corrected chi connectivity index (χ1v) is 10.7. The third kappa shape index (κ3) is 5.28. The van der Waals surface area contributed by atoms with E-state index in [0.717, 1.165) is 0 Å². The van der Waals surface area contributed by atoms with E-state index >= 15 is 0 Å². The van der Waals surface area contributed by atoms with Crippen LogP contribution in [0.4, 0.5) is 0 Å². The maximum absolute atomic E-state index is 3.42. The smallest absolute Gasteiger partial charge is 0.0551 e. The Morgan fingerprint density at radius 1 is 0.625 bits per heavy atom. The lowest BCUT2D eigenvalue weighted by atomic mass is 10.1. The first-order chi connectivity index (χ1) is 11.7. The van der Waals surface area contributed by atoms with Crippen molar-refractivity contribution in [3.8, 4) is 0 Å². The van der Waals surface area contributed by atoms with Crippen molar-refractivity contribution in [1.29, 1.82) is 0 Å². The van der Waals surface area contributed by atoms with Gasteiger partial charge in [-0.15, -0.1) is 0 Å². The molecule has 0 bridgehead atoms. The number of benzene rings is 2. The summed E-state index contributed by atoms with van der Waals surface area (Å²) in [4.78, 5) is 0. The zero-order valence-electron chi connectivity index (χ0n) is 14.9. The first kappa shape index (κ1) is 19.4. The van der Waals surface area contributed by atoms with Crippen molar-refractivity contribution in [2.24, 2.45) is 0 Å². The van der Waals surface area contributed by atoms with Crippen LogP contribution in [0.2, 0.25) is 0 Å². The van der Waals surface area contributed by atoms with Crippen molar-refractivity contribution in [1.82, 2.24) is 10.6 Å². The molecule has 0 spiro atoms. The zero-order valence-corrected chi connectivity index (χ0v) is 16.5. The first-order valence-electron chi connectivity index (χ1n) is 8.44. The van der Waals surface area contributed by atoms with E-state index in [1.165, 1.54) is 11.1 Å². The number of likely N-dealkylation sites (N-methyl/N-ethyl adjacent to an activating group) is 2. The van der Waals surface area contributed by atoms with Gasteiger partial charge in [-0.05, 0) is 39.1 Å². The van der Waals surface area contributed by atoms with E-state index in [2.05, 4.69) is 85.1 Å². The van der Waals surface area contributed by atoms with Gasteiger partial charge in [-0.3, -0.25) is 0 Å². The normalized spacial score (nSPS) is 16.3. The summed E-state index contributed by atoms with van der Waals surface area (Å²) in [6, 6.07) is 22.4. The van der Waals surface area contributed by atoms with E-state index in [0.29, 0.717) is 22.6 Å². The molecule has 2 N–H and O–H groups in total. The van der Waals surface area contributed by atoms with Gasteiger partial charge in [-0.2, -0.15) is 0 Å². The monoisotopic (exact) mass is 360 g/mol. The molecule has 2 rings (SSSR count). The van der Waals surface area contributed by atoms with Gasteiger partial charge in [0.05, 0.1) is 10.5 Å². The highest BCUT2D eigenvalue weighted by Gasteiger charge is 2.24. The van der Waals surface area contributed by atoms with Gasteiger partial charge in [-0.1, -0.05) is 82.3 Å². The molecule has 2 aromatic carbocycles. The van der Waals surface area contributed by atoms with Crippen molar-refractivity contribution in [2.75, 3.05) is 14.1 Å². The highest BCUT2D eigenvalue weighted by molar-refractivity contribution is 8.76. The molecule has 0 unspecified atom stereocenters. The van der Waals surface area contributed by atoms with Crippen molar-refractivity contribution >= 4 is 21.6 Å². The van der Waals surface area contributed by atoms with Gasteiger partial charge in [0.1, 0.15) is 0 Å². The zero-order chi connectivity index (χ0) is 17.4. The van der Waals surface area contributed by atoms with Crippen LogP contribution in [0.3, 0.4) is 0 Å². The van der Waals surface area contributed by atoms with Crippen LogP contribution in [0.5, 0.6) is 0 Å². The molecule has 24 heavy (non-hydrogen) atoms. The van der Waals surface area contributed by atoms with E-state index in [-0.39, 0.29) is 0 Å². The molecule has 0 radical (unpaired) electrons. The Labute approximate surface area is 154 Å². The second-order valence-electron chi connectivity index (χ2n) is 6.01. The second-order valence-corrected chi connectivity index (χ2v) is 8.57. The molecule has 0 fully saturated rings. The SMILES string of the molecule is CN[C@@H](C)[C@H](SS[C@H](c1ccccc1)[C@H](C)NC)c1ccccc1. The van der Waals surface area contributed by atoms with Gasteiger partial charge in [0.15, 0.2) is 0 Å². The molecule has 0 saturated carbocycles. The van der Waals surface area contributed by atoms with Crippen molar-refractivity contribution in [3.63, 3.8) is 0 Å². The van der Waals surface area contributed by atoms with Crippen LogP contribution in [0.1, 0.15) is 35.5 Å². The van der Waals surface area contributed by atoms with Gasteiger partial charge < -0.3 is 10.6 Å². The van der Waals surface area contributed by atoms with Gasteiger partial charge in [0.25, 0.3) is 0 Å². The lowest BCUT2D eigenvalue weighted by molar-refractivity contribution is 0.596. The third-order valence-electron chi connectivity index (χ3n) is 4.34. The van der Waals surface area contributed by atoms with Crippen LogP contribution in [0.25, 0.3) is 0 Å². The third-order valence-corrected chi connectivity index (χ3v) is 7.80. The van der Waals surface area contributed by atoms with E-state index < -0.39 is 0 Å². The molecule has 4 atom stereocenters. The predicted octanol–water partition coefficient (Wildman–Crippen LogP) is 5.07. The molecule has 2 nitrogen and oxygen atoms in total. The fraction of sp³-hybridized carbons (Fsp3) is 0.400. The minimum Gasteiger partial charge on any atom is -0.316 e. The fourth-order valence-electron chi connectivity index (χ4n) is 2.56. The maximum Gasteiger partial charge on any atom is 0.0551 e. The highest BCUT2D eigenvalue weighted by atomic mass is 33.1. The summed E-state index contributed by atoms with van der Waals surface area (Å²) >= 11 is 0. The topological polar surface area (TPSA) is 24.1 Å². The Balaban J connectivity index is 2.15. The molecular formula is C20H28N2S2. The molecule has 0 saturated heterocycles. The average Bonchev–Trinajstić information content (AvgIpc) is 2.65. The molecule has 2 aromatic rings. The van der Waals surface area contributed by atoms with E-state index in [4.69, 9.17) is 0 Å². The van der Waals surface area contributed by atoms with Gasteiger partial charge in [0, 0.05) is 12.1 Å². The minimum atomic E-state index is 0.409. The molecule has 0 aliphatic rings. The fourth-order valence-corrected chi connectivity index (χ4v) is 6.33. The number of hydrogen-bond acceptors (Lipinski definition) is 4. The Morgan fingerprint density at radius 3 is 1.25 bits per heavy atom. The van der Waals surface area contributed by atoms with Crippen LogP contribution in [0.15, 0.2) is 60.7 Å². The molecule has 0 aliphatic carbocycles. The summed E-state index contributed by atoms with van der Waals surface area (Å²) in [5, 5.41) is 7.67. The molecule has 4 heteroatoms. The molecule has 130 valence electrons. The summed E-state index contributed by atoms with van der Waals surface area (Å²) in [6.07, 6.45) is 0. The predicted molar refractivity (Wildman–Crippen MR) is 111 cm³/mol. The summed E-state index contributed by atoms with van der Waals surface area (Å²) in [5.41, 5.74) is 2.75. The van der Waals surface area contributed by atoms with E-state index in [1.807, 2.05) is 35.7 Å². The Kier molecular flexibility index (Phi) is 8.19. The summed E-state index contributed by atoms with van der Waals surface area (Å²) in [7, 11) is 8.01. The molecule has 0 amide bonds. The summed E-state index contributed by atoms with van der Waals surface area (Å²) in [5.74, 6) is 0. The highest BCUT2D eigenvalue weighted by Crippen LogP contribution is 2.48. The lowest BCUT2D eigenvalue weighted by Gasteiger charge is -2.28. The van der Waals surface area contributed by atoms with E-state index in [9.17, 15) is 0 Å². The molecule has 0 heterocycles. The Bertz CT molecular complexity index is 523. The van der Waals surface area contributed by atoms with Crippen LogP contribution < -0.4 is 10.6 Å². The van der Waals surface area contributed by atoms with Gasteiger partial charge >= 0.3 is 0 Å². The van der Waals surface area contributed by atoms with Crippen molar-refractivity contribution in [2.45, 2.75) is 36.4 Å². The van der Waals surface area contributed by atoms with Crippen LogP contribution in [0, 0.1) is 0 Å². The summed E-state index contributed by atoms with van der Waals surface area (Å²) < 4.78 is 0.